The van der Waals surface area contributed by atoms with Crippen molar-refractivity contribution in [1.82, 2.24) is 4.90 Å². The second kappa shape index (κ2) is 4.49. The molecule has 0 bridgehead atoms. The predicted molar refractivity (Wildman–Crippen MR) is 54.6 cm³/mol. The Balaban J connectivity index is 2.07. The van der Waals surface area contributed by atoms with Gasteiger partial charge in [-0.15, -0.1) is 0 Å². The Hall–Kier alpha value is -1.29. The van der Waals surface area contributed by atoms with Gasteiger partial charge in [0, 0.05) is 12.1 Å². The highest BCUT2D eigenvalue weighted by Crippen LogP contribution is 2.17. The van der Waals surface area contributed by atoms with Gasteiger partial charge in [-0.25, -0.2) is 4.79 Å². The third-order valence-corrected chi connectivity index (χ3v) is 2.71. The van der Waals surface area contributed by atoms with Crippen LogP contribution in [0.3, 0.4) is 0 Å². The van der Waals surface area contributed by atoms with E-state index in [0.717, 1.165) is 25.2 Å². The standard InChI is InChI=1S/C11H15NO3/c1-14-11(13)10-9(4-7-15-10)8-12-5-2-3-6-12/h4,7H,2-3,5-6,8H2,1H3. The van der Waals surface area contributed by atoms with Crippen LogP contribution in [0.5, 0.6) is 0 Å². The van der Waals surface area contributed by atoms with Crippen molar-refractivity contribution in [3.05, 3.63) is 23.7 Å². The Morgan fingerprint density at radius 1 is 1.53 bits per heavy atom. The van der Waals surface area contributed by atoms with Crippen molar-refractivity contribution in [2.75, 3.05) is 20.2 Å². The normalized spacial score (nSPS) is 16.9. The fraction of sp³-hybridized carbons (Fsp3) is 0.545. The van der Waals surface area contributed by atoms with E-state index in [1.165, 1.54) is 26.2 Å². The zero-order valence-corrected chi connectivity index (χ0v) is 8.86. The minimum absolute atomic E-state index is 0.337. The number of carbonyl (C=O) groups is 1. The van der Waals surface area contributed by atoms with E-state index in [0.29, 0.717) is 5.76 Å². The maximum atomic E-state index is 11.3. The van der Waals surface area contributed by atoms with Crippen molar-refractivity contribution in [2.24, 2.45) is 0 Å². The van der Waals surface area contributed by atoms with Crippen LogP contribution in [0.25, 0.3) is 0 Å². The van der Waals surface area contributed by atoms with Gasteiger partial charge in [-0.3, -0.25) is 4.90 Å². The van der Waals surface area contributed by atoms with Gasteiger partial charge in [-0.2, -0.15) is 0 Å². The number of likely N-dealkylation sites (tertiary alicyclic amines) is 1. The lowest BCUT2D eigenvalue weighted by Gasteiger charge is -2.13. The van der Waals surface area contributed by atoms with E-state index < -0.39 is 5.97 Å². The van der Waals surface area contributed by atoms with Crippen LogP contribution in [0.15, 0.2) is 16.7 Å². The maximum Gasteiger partial charge on any atom is 0.374 e. The number of carbonyl (C=O) groups excluding carboxylic acids is 1. The fourth-order valence-electron chi connectivity index (χ4n) is 1.91. The predicted octanol–water partition coefficient (Wildman–Crippen LogP) is 1.66. The van der Waals surface area contributed by atoms with E-state index in [4.69, 9.17) is 4.42 Å². The first kappa shape index (κ1) is 10.2. The third-order valence-electron chi connectivity index (χ3n) is 2.71. The molecule has 2 rings (SSSR count). The summed E-state index contributed by atoms with van der Waals surface area (Å²) < 4.78 is 9.77. The molecule has 0 N–H and O–H groups in total. The van der Waals surface area contributed by atoms with E-state index in [2.05, 4.69) is 9.64 Å². The van der Waals surface area contributed by atoms with Crippen LogP contribution in [0.2, 0.25) is 0 Å². The number of furan rings is 1. The number of hydrogen-bond donors (Lipinski definition) is 0. The van der Waals surface area contributed by atoms with Crippen molar-refractivity contribution in [2.45, 2.75) is 19.4 Å². The van der Waals surface area contributed by atoms with Gasteiger partial charge < -0.3 is 9.15 Å². The number of methoxy groups -OCH3 is 1. The molecular formula is C11H15NO3. The van der Waals surface area contributed by atoms with Crippen molar-refractivity contribution in [1.29, 1.82) is 0 Å². The first-order valence-electron chi connectivity index (χ1n) is 5.18. The summed E-state index contributed by atoms with van der Waals surface area (Å²) in [6.45, 7) is 2.98. The Morgan fingerprint density at radius 2 is 2.27 bits per heavy atom. The highest BCUT2D eigenvalue weighted by atomic mass is 16.5. The van der Waals surface area contributed by atoms with E-state index in [9.17, 15) is 4.79 Å². The molecule has 0 spiro atoms. The van der Waals surface area contributed by atoms with E-state index in [-0.39, 0.29) is 0 Å². The summed E-state index contributed by atoms with van der Waals surface area (Å²) in [5.74, 6) is -0.0569. The number of hydrogen-bond acceptors (Lipinski definition) is 4. The van der Waals surface area contributed by atoms with Crippen molar-refractivity contribution in [3.63, 3.8) is 0 Å². The average molecular weight is 209 g/mol. The zero-order valence-electron chi connectivity index (χ0n) is 8.86. The van der Waals surface area contributed by atoms with Gasteiger partial charge in [-0.1, -0.05) is 0 Å². The molecule has 0 amide bonds. The summed E-state index contributed by atoms with van der Waals surface area (Å²) in [6, 6.07) is 1.84. The van der Waals surface area contributed by atoms with Crippen molar-refractivity contribution < 1.29 is 13.9 Å². The lowest BCUT2D eigenvalue weighted by Crippen LogP contribution is -2.19. The lowest BCUT2D eigenvalue weighted by atomic mass is 10.2. The second-order valence-electron chi connectivity index (χ2n) is 3.75. The topological polar surface area (TPSA) is 42.7 Å². The van der Waals surface area contributed by atoms with Crippen molar-refractivity contribution in [3.8, 4) is 0 Å². The molecule has 1 saturated heterocycles. The van der Waals surface area contributed by atoms with Crippen LogP contribution >= 0.6 is 0 Å². The minimum Gasteiger partial charge on any atom is -0.463 e. The van der Waals surface area contributed by atoms with Crippen LogP contribution in [-0.4, -0.2) is 31.1 Å². The summed E-state index contributed by atoms with van der Waals surface area (Å²) >= 11 is 0. The lowest BCUT2D eigenvalue weighted by molar-refractivity contribution is 0.0562. The van der Waals surface area contributed by atoms with Crippen LogP contribution in [0.1, 0.15) is 29.0 Å². The number of esters is 1. The Morgan fingerprint density at radius 3 is 2.93 bits per heavy atom. The highest BCUT2D eigenvalue weighted by Gasteiger charge is 2.19. The van der Waals surface area contributed by atoms with E-state index in [1.807, 2.05) is 6.07 Å². The molecule has 1 aliphatic heterocycles. The molecule has 1 aromatic heterocycles. The Bertz CT molecular complexity index is 339. The number of rotatable bonds is 3. The molecule has 0 atom stereocenters. The van der Waals surface area contributed by atoms with Gasteiger partial charge in [0.25, 0.3) is 0 Å². The fourth-order valence-corrected chi connectivity index (χ4v) is 1.91. The summed E-state index contributed by atoms with van der Waals surface area (Å²) in [5, 5.41) is 0. The average Bonchev–Trinajstić information content (AvgIpc) is 2.88. The molecule has 1 fully saturated rings. The molecular weight excluding hydrogens is 194 g/mol. The van der Waals surface area contributed by atoms with Crippen molar-refractivity contribution >= 4 is 5.97 Å². The van der Waals surface area contributed by atoms with Gasteiger partial charge in [-0.05, 0) is 32.0 Å². The van der Waals surface area contributed by atoms with Gasteiger partial charge in [0.15, 0.2) is 0 Å². The highest BCUT2D eigenvalue weighted by molar-refractivity contribution is 5.87. The molecule has 1 aliphatic rings. The second-order valence-corrected chi connectivity index (χ2v) is 3.75. The number of ether oxygens (including phenoxy) is 1. The molecule has 2 heterocycles. The molecule has 1 aromatic rings. The van der Waals surface area contributed by atoms with E-state index >= 15 is 0 Å². The molecule has 15 heavy (non-hydrogen) atoms. The van der Waals surface area contributed by atoms with Crippen LogP contribution in [0.4, 0.5) is 0 Å². The Labute approximate surface area is 88.8 Å². The quantitative estimate of drug-likeness (QED) is 0.710. The molecule has 82 valence electrons. The summed E-state index contributed by atoms with van der Waals surface area (Å²) in [5.41, 5.74) is 0.920. The monoisotopic (exact) mass is 209 g/mol. The molecule has 0 radical (unpaired) electrons. The Kier molecular flexibility index (Phi) is 3.06. The first-order chi connectivity index (χ1) is 7.31. The van der Waals surface area contributed by atoms with Crippen LogP contribution in [0, 0.1) is 0 Å². The molecule has 4 heteroatoms. The molecule has 0 saturated carbocycles. The maximum absolute atomic E-state index is 11.3. The molecule has 0 unspecified atom stereocenters. The zero-order chi connectivity index (χ0) is 10.7. The van der Waals surface area contributed by atoms with Crippen LogP contribution < -0.4 is 0 Å². The third kappa shape index (κ3) is 2.21. The first-order valence-corrected chi connectivity index (χ1v) is 5.18. The van der Waals surface area contributed by atoms with E-state index in [1.54, 1.807) is 0 Å². The number of nitrogens with zero attached hydrogens (tertiary/aromatic N) is 1. The molecule has 0 aromatic carbocycles. The smallest absolute Gasteiger partial charge is 0.374 e. The summed E-state index contributed by atoms with van der Waals surface area (Å²) in [4.78, 5) is 13.7. The largest absolute Gasteiger partial charge is 0.463 e. The summed E-state index contributed by atoms with van der Waals surface area (Å²) in [6.07, 6.45) is 4.02. The van der Waals surface area contributed by atoms with Crippen LogP contribution in [-0.2, 0) is 11.3 Å². The van der Waals surface area contributed by atoms with Gasteiger partial charge in [0.05, 0.1) is 13.4 Å². The minimum atomic E-state index is -0.394. The van der Waals surface area contributed by atoms with Gasteiger partial charge in [0.1, 0.15) is 0 Å². The van der Waals surface area contributed by atoms with Gasteiger partial charge in [0.2, 0.25) is 5.76 Å². The SMILES string of the molecule is COC(=O)c1occc1CN1CCCC1. The molecule has 4 nitrogen and oxygen atoms in total. The summed E-state index contributed by atoms with van der Waals surface area (Å²) in [7, 11) is 1.37. The molecule has 0 aliphatic carbocycles. The van der Waals surface area contributed by atoms with Gasteiger partial charge >= 0.3 is 5.97 Å².